The van der Waals surface area contributed by atoms with Crippen molar-refractivity contribution in [1.29, 1.82) is 0 Å². The minimum absolute atomic E-state index is 0.0560. The maximum atomic E-state index is 3.81. The van der Waals surface area contributed by atoms with Crippen LogP contribution in [-0.4, -0.2) is 5.54 Å². The van der Waals surface area contributed by atoms with Crippen molar-refractivity contribution in [1.82, 2.24) is 5.32 Å². The number of hydrogen-bond acceptors (Lipinski definition) is 1. The van der Waals surface area contributed by atoms with Crippen molar-refractivity contribution >= 4 is 0 Å². The SMILES string of the molecule is C=CNC(C)(/C=C\CC)C(C)C=C. The Morgan fingerprint density at radius 2 is 2.08 bits per heavy atom. The number of nitrogens with one attached hydrogen (secondary N) is 1. The zero-order valence-corrected chi connectivity index (χ0v) is 9.01. The molecule has 0 aliphatic carbocycles. The molecular weight excluding hydrogens is 158 g/mol. The van der Waals surface area contributed by atoms with Crippen molar-refractivity contribution < 1.29 is 0 Å². The molecule has 0 aromatic carbocycles. The molecule has 2 unspecified atom stereocenters. The van der Waals surface area contributed by atoms with Gasteiger partial charge < -0.3 is 5.32 Å². The van der Waals surface area contributed by atoms with Crippen LogP contribution in [0.25, 0.3) is 0 Å². The summed E-state index contributed by atoms with van der Waals surface area (Å²) in [5.74, 6) is 0.383. The topological polar surface area (TPSA) is 12.0 Å². The fourth-order valence-corrected chi connectivity index (χ4v) is 1.16. The molecule has 0 aromatic heterocycles. The summed E-state index contributed by atoms with van der Waals surface area (Å²) in [6, 6.07) is 0. The van der Waals surface area contributed by atoms with Gasteiger partial charge in [0.1, 0.15) is 0 Å². The summed E-state index contributed by atoms with van der Waals surface area (Å²) >= 11 is 0. The highest BCUT2D eigenvalue weighted by molar-refractivity contribution is 5.11. The third kappa shape index (κ3) is 3.49. The van der Waals surface area contributed by atoms with Crippen LogP contribution in [0.2, 0.25) is 0 Å². The Morgan fingerprint density at radius 1 is 1.46 bits per heavy atom. The highest BCUT2D eigenvalue weighted by Crippen LogP contribution is 2.19. The van der Waals surface area contributed by atoms with Crippen molar-refractivity contribution in [2.45, 2.75) is 32.7 Å². The second kappa shape index (κ2) is 5.63. The first-order valence-electron chi connectivity index (χ1n) is 4.79. The van der Waals surface area contributed by atoms with Gasteiger partial charge in [0.25, 0.3) is 0 Å². The van der Waals surface area contributed by atoms with Crippen LogP contribution in [-0.2, 0) is 0 Å². The highest BCUT2D eigenvalue weighted by atomic mass is 14.9. The van der Waals surface area contributed by atoms with E-state index < -0.39 is 0 Å². The standard InChI is InChI=1S/C12H21N/c1-6-9-10-12(5,13-8-3)11(4)7-2/h7-11,13H,2-3,6H2,1,4-5H3/b10-9-. The maximum Gasteiger partial charge on any atom is 0.0582 e. The van der Waals surface area contributed by atoms with Gasteiger partial charge in [0.15, 0.2) is 0 Å². The van der Waals surface area contributed by atoms with E-state index in [1.807, 2.05) is 6.08 Å². The van der Waals surface area contributed by atoms with Gasteiger partial charge in [-0.3, -0.25) is 0 Å². The molecule has 1 heteroatoms. The Bertz CT molecular complexity index is 193. The van der Waals surface area contributed by atoms with E-state index in [1.165, 1.54) is 0 Å². The highest BCUT2D eigenvalue weighted by Gasteiger charge is 2.23. The molecule has 0 aliphatic rings. The Kier molecular flexibility index (Phi) is 5.20. The third-order valence-corrected chi connectivity index (χ3v) is 2.41. The molecule has 0 bridgehead atoms. The molecule has 0 aromatic rings. The fraction of sp³-hybridized carbons (Fsp3) is 0.500. The average Bonchev–Trinajstić information content (AvgIpc) is 2.14. The third-order valence-electron chi connectivity index (χ3n) is 2.41. The van der Waals surface area contributed by atoms with Gasteiger partial charge in [-0.1, -0.05) is 38.7 Å². The van der Waals surface area contributed by atoms with Crippen LogP contribution >= 0.6 is 0 Å². The van der Waals surface area contributed by atoms with Crippen molar-refractivity contribution in [3.63, 3.8) is 0 Å². The summed E-state index contributed by atoms with van der Waals surface area (Å²) in [6.45, 7) is 13.9. The number of allylic oxidation sites excluding steroid dienone is 1. The van der Waals surface area contributed by atoms with Crippen molar-refractivity contribution in [2.24, 2.45) is 5.92 Å². The van der Waals surface area contributed by atoms with Crippen LogP contribution in [0, 0.1) is 5.92 Å². The van der Waals surface area contributed by atoms with Crippen LogP contribution in [0.4, 0.5) is 0 Å². The van der Waals surface area contributed by atoms with Crippen LogP contribution in [0.3, 0.4) is 0 Å². The predicted octanol–water partition coefficient (Wildman–Crippen LogP) is 3.27. The second-order valence-corrected chi connectivity index (χ2v) is 3.47. The van der Waals surface area contributed by atoms with E-state index in [0.717, 1.165) is 6.42 Å². The molecule has 13 heavy (non-hydrogen) atoms. The minimum Gasteiger partial charge on any atom is -0.382 e. The lowest BCUT2D eigenvalue weighted by molar-refractivity contribution is 0.399. The molecule has 0 fully saturated rings. The predicted molar refractivity (Wildman–Crippen MR) is 60.5 cm³/mol. The van der Waals surface area contributed by atoms with Gasteiger partial charge in [0.2, 0.25) is 0 Å². The van der Waals surface area contributed by atoms with Gasteiger partial charge in [0.05, 0.1) is 5.54 Å². The number of hydrogen-bond donors (Lipinski definition) is 1. The second-order valence-electron chi connectivity index (χ2n) is 3.47. The van der Waals surface area contributed by atoms with Crippen LogP contribution < -0.4 is 5.32 Å². The summed E-state index contributed by atoms with van der Waals surface area (Å²) in [6.07, 6.45) is 9.09. The summed E-state index contributed by atoms with van der Waals surface area (Å²) in [5, 5.41) is 3.25. The molecule has 74 valence electrons. The Morgan fingerprint density at radius 3 is 2.46 bits per heavy atom. The summed E-state index contributed by atoms with van der Waals surface area (Å²) in [7, 11) is 0. The lowest BCUT2D eigenvalue weighted by atomic mass is 9.86. The molecule has 0 aliphatic heterocycles. The molecule has 0 spiro atoms. The van der Waals surface area contributed by atoms with E-state index in [4.69, 9.17) is 0 Å². The van der Waals surface area contributed by atoms with Crippen LogP contribution in [0.1, 0.15) is 27.2 Å². The smallest absolute Gasteiger partial charge is 0.0582 e. The minimum atomic E-state index is -0.0560. The zero-order valence-electron chi connectivity index (χ0n) is 9.01. The lowest BCUT2D eigenvalue weighted by Gasteiger charge is -2.31. The number of rotatable bonds is 6. The quantitative estimate of drug-likeness (QED) is 0.617. The van der Waals surface area contributed by atoms with Crippen LogP contribution in [0.5, 0.6) is 0 Å². The first-order chi connectivity index (χ1) is 6.10. The molecule has 1 N–H and O–H groups in total. The lowest BCUT2D eigenvalue weighted by Crippen LogP contribution is -2.42. The first kappa shape index (κ1) is 12.0. The van der Waals surface area contributed by atoms with Crippen molar-refractivity contribution in [3.05, 3.63) is 37.6 Å². The molecular formula is C12H21N. The largest absolute Gasteiger partial charge is 0.382 e. The summed E-state index contributed by atoms with van der Waals surface area (Å²) in [4.78, 5) is 0. The Hall–Kier alpha value is -0.980. The van der Waals surface area contributed by atoms with E-state index in [0.29, 0.717) is 5.92 Å². The molecule has 0 rings (SSSR count). The monoisotopic (exact) mass is 179 g/mol. The van der Waals surface area contributed by atoms with E-state index in [9.17, 15) is 0 Å². The molecule has 0 heterocycles. The van der Waals surface area contributed by atoms with Gasteiger partial charge in [-0.15, -0.1) is 6.58 Å². The first-order valence-corrected chi connectivity index (χ1v) is 4.79. The van der Waals surface area contributed by atoms with Crippen LogP contribution in [0.15, 0.2) is 37.6 Å². The zero-order chi connectivity index (χ0) is 10.3. The van der Waals surface area contributed by atoms with E-state index in [-0.39, 0.29) is 5.54 Å². The summed E-state index contributed by atoms with van der Waals surface area (Å²) in [5.41, 5.74) is -0.0560. The molecule has 0 saturated carbocycles. The van der Waals surface area contributed by atoms with Crippen molar-refractivity contribution in [3.8, 4) is 0 Å². The molecule has 0 amide bonds. The Labute approximate surface area is 82.2 Å². The van der Waals surface area contributed by atoms with E-state index in [2.05, 4.69) is 51.4 Å². The van der Waals surface area contributed by atoms with E-state index >= 15 is 0 Å². The van der Waals surface area contributed by atoms with Gasteiger partial charge >= 0.3 is 0 Å². The summed E-state index contributed by atoms with van der Waals surface area (Å²) < 4.78 is 0. The fourth-order valence-electron chi connectivity index (χ4n) is 1.16. The van der Waals surface area contributed by atoms with E-state index in [1.54, 1.807) is 6.20 Å². The van der Waals surface area contributed by atoms with Crippen molar-refractivity contribution in [2.75, 3.05) is 0 Å². The molecule has 1 nitrogen and oxygen atoms in total. The maximum absolute atomic E-state index is 3.81. The molecule has 0 radical (unpaired) electrons. The molecule has 2 atom stereocenters. The van der Waals surface area contributed by atoms with Gasteiger partial charge in [-0.05, 0) is 19.5 Å². The Balaban J connectivity index is 4.59. The average molecular weight is 179 g/mol. The van der Waals surface area contributed by atoms with Gasteiger partial charge in [-0.25, -0.2) is 0 Å². The van der Waals surface area contributed by atoms with Gasteiger partial charge in [-0.2, -0.15) is 0 Å². The molecule has 0 saturated heterocycles. The normalized spacial score (nSPS) is 17.8. The van der Waals surface area contributed by atoms with Gasteiger partial charge in [0, 0.05) is 5.92 Å².